The van der Waals surface area contributed by atoms with Gasteiger partial charge in [0.25, 0.3) is 0 Å². The number of hydrogen-bond acceptors (Lipinski definition) is 3. The van der Waals surface area contributed by atoms with Gasteiger partial charge in [-0.2, -0.15) is 18.4 Å². The van der Waals surface area contributed by atoms with Gasteiger partial charge in [0.15, 0.2) is 0 Å². The van der Waals surface area contributed by atoms with Crippen LogP contribution in [0.3, 0.4) is 0 Å². The van der Waals surface area contributed by atoms with E-state index in [-0.39, 0.29) is 17.8 Å². The highest BCUT2D eigenvalue weighted by atomic mass is 19.4. The fraction of sp³-hybridized carbons (Fsp3) is 0.273. The number of nitrogens with one attached hydrogen (secondary N) is 2. The van der Waals surface area contributed by atoms with E-state index in [4.69, 9.17) is 5.26 Å². The molecule has 1 aromatic rings. The zero-order valence-corrected chi connectivity index (χ0v) is 9.43. The molecule has 4 nitrogen and oxygen atoms in total. The summed E-state index contributed by atoms with van der Waals surface area (Å²) in [5, 5.41) is 13.7. The van der Waals surface area contributed by atoms with Gasteiger partial charge in [0.05, 0.1) is 23.4 Å². The molecular formula is C11H10F3N3O. The summed E-state index contributed by atoms with van der Waals surface area (Å²) in [5.41, 5.74) is -1.09. The molecule has 0 bridgehead atoms. The summed E-state index contributed by atoms with van der Waals surface area (Å²) < 4.78 is 37.2. The second-order valence-corrected chi connectivity index (χ2v) is 3.45. The zero-order valence-electron chi connectivity index (χ0n) is 9.43. The molecule has 1 aromatic carbocycles. The highest BCUT2D eigenvalue weighted by molar-refractivity contribution is 5.93. The molecule has 0 unspecified atom stereocenters. The first-order valence-corrected chi connectivity index (χ1v) is 4.94. The Morgan fingerprint density at radius 3 is 2.61 bits per heavy atom. The first-order chi connectivity index (χ1) is 8.38. The van der Waals surface area contributed by atoms with Crippen LogP contribution in [0.25, 0.3) is 0 Å². The van der Waals surface area contributed by atoms with Crippen LogP contribution in [-0.4, -0.2) is 19.5 Å². The zero-order chi connectivity index (χ0) is 13.8. The van der Waals surface area contributed by atoms with Gasteiger partial charge in [-0.3, -0.25) is 4.79 Å². The number of halogens is 3. The van der Waals surface area contributed by atoms with Gasteiger partial charge < -0.3 is 10.6 Å². The number of hydrogen-bond donors (Lipinski definition) is 2. The second-order valence-electron chi connectivity index (χ2n) is 3.45. The van der Waals surface area contributed by atoms with Gasteiger partial charge in [0, 0.05) is 0 Å². The van der Waals surface area contributed by atoms with Crippen molar-refractivity contribution >= 4 is 11.6 Å². The lowest BCUT2D eigenvalue weighted by atomic mass is 10.1. The number of carbonyl (C=O) groups is 1. The normalized spacial score (nSPS) is 10.8. The molecule has 1 rings (SSSR count). The van der Waals surface area contributed by atoms with Crippen molar-refractivity contribution in [1.29, 1.82) is 5.26 Å². The van der Waals surface area contributed by atoms with Crippen LogP contribution in [0.1, 0.15) is 11.1 Å². The number of rotatable bonds is 3. The molecule has 96 valence electrons. The molecule has 0 aromatic heterocycles. The van der Waals surface area contributed by atoms with Crippen LogP contribution in [0.15, 0.2) is 18.2 Å². The Bertz CT molecular complexity index is 491. The molecule has 0 aliphatic heterocycles. The number of nitriles is 1. The van der Waals surface area contributed by atoms with Crippen molar-refractivity contribution in [2.45, 2.75) is 6.18 Å². The number of anilines is 1. The van der Waals surface area contributed by atoms with E-state index in [1.807, 2.05) is 0 Å². The van der Waals surface area contributed by atoms with E-state index in [1.165, 1.54) is 0 Å². The fourth-order valence-corrected chi connectivity index (χ4v) is 1.28. The Kier molecular flexibility index (Phi) is 4.28. The molecule has 0 radical (unpaired) electrons. The molecule has 0 spiro atoms. The third-order valence-corrected chi connectivity index (χ3v) is 2.08. The Balaban J connectivity index is 3.02. The van der Waals surface area contributed by atoms with Crippen LogP contribution in [-0.2, 0) is 11.0 Å². The molecular weight excluding hydrogens is 247 g/mol. The minimum absolute atomic E-state index is 0.00584. The third kappa shape index (κ3) is 3.46. The summed E-state index contributed by atoms with van der Waals surface area (Å²) in [6.45, 7) is 0.00584. The largest absolute Gasteiger partial charge is 0.416 e. The predicted octanol–water partition coefficient (Wildman–Crippen LogP) is 1.73. The lowest BCUT2D eigenvalue weighted by Gasteiger charge is -2.10. The summed E-state index contributed by atoms with van der Waals surface area (Å²) >= 11 is 0. The number of nitrogens with zero attached hydrogens (tertiary/aromatic N) is 1. The van der Waals surface area contributed by atoms with Crippen LogP contribution in [0, 0.1) is 11.3 Å². The molecule has 0 aliphatic rings. The summed E-state index contributed by atoms with van der Waals surface area (Å²) in [5.74, 6) is -0.436. The Morgan fingerprint density at radius 1 is 1.44 bits per heavy atom. The van der Waals surface area contributed by atoms with Crippen molar-refractivity contribution in [3.8, 4) is 6.07 Å². The van der Waals surface area contributed by atoms with Crippen molar-refractivity contribution in [2.75, 3.05) is 18.9 Å². The molecule has 0 fully saturated rings. The van der Waals surface area contributed by atoms with Gasteiger partial charge >= 0.3 is 6.18 Å². The highest BCUT2D eigenvalue weighted by Gasteiger charge is 2.31. The second kappa shape index (κ2) is 5.51. The lowest BCUT2D eigenvalue weighted by molar-refractivity contribution is -0.137. The fourth-order valence-electron chi connectivity index (χ4n) is 1.28. The molecule has 0 atom stereocenters. The Morgan fingerprint density at radius 2 is 2.11 bits per heavy atom. The number of alkyl halides is 3. The molecule has 0 saturated heterocycles. The van der Waals surface area contributed by atoms with Gasteiger partial charge in [-0.15, -0.1) is 0 Å². The van der Waals surface area contributed by atoms with Crippen LogP contribution < -0.4 is 10.6 Å². The summed E-state index contributed by atoms with van der Waals surface area (Å²) in [6.07, 6.45) is -4.51. The summed E-state index contributed by atoms with van der Waals surface area (Å²) in [6, 6.07) is 4.20. The standard InChI is InChI=1S/C11H10F3N3O/c1-16-6-10(18)17-9-3-2-8(11(12,13)14)4-7(9)5-15/h2-4,16H,6H2,1H3,(H,17,18). The molecule has 0 aliphatic carbocycles. The van der Waals surface area contributed by atoms with Crippen LogP contribution >= 0.6 is 0 Å². The lowest BCUT2D eigenvalue weighted by Crippen LogP contribution is -2.25. The molecule has 2 N–H and O–H groups in total. The van der Waals surface area contributed by atoms with Crippen molar-refractivity contribution in [3.63, 3.8) is 0 Å². The average molecular weight is 257 g/mol. The van der Waals surface area contributed by atoms with Gasteiger partial charge in [0.2, 0.25) is 5.91 Å². The third-order valence-electron chi connectivity index (χ3n) is 2.08. The minimum atomic E-state index is -4.51. The van der Waals surface area contributed by atoms with Crippen molar-refractivity contribution in [2.24, 2.45) is 0 Å². The van der Waals surface area contributed by atoms with E-state index in [1.54, 1.807) is 13.1 Å². The monoisotopic (exact) mass is 257 g/mol. The van der Waals surface area contributed by atoms with Gasteiger partial charge in [-0.05, 0) is 25.2 Å². The van der Waals surface area contributed by atoms with Crippen molar-refractivity contribution in [1.82, 2.24) is 5.32 Å². The number of likely N-dealkylation sites (N-methyl/N-ethyl adjacent to an activating group) is 1. The van der Waals surface area contributed by atoms with E-state index < -0.39 is 17.6 Å². The van der Waals surface area contributed by atoms with Gasteiger partial charge in [0.1, 0.15) is 6.07 Å². The number of amides is 1. The van der Waals surface area contributed by atoms with Crippen LogP contribution in [0.4, 0.5) is 18.9 Å². The average Bonchev–Trinajstić information content (AvgIpc) is 2.28. The first-order valence-electron chi connectivity index (χ1n) is 4.94. The van der Waals surface area contributed by atoms with Gasteiger partial charge in [-0.25, -0.2) is 0 Å². The number of carbonyl (C=O) groups excluding carboxylic acids is 1. The van der Waals surface area contributed by atoms with Crippen molar-refractivity contribution < 1.29 is 18.0 Å². The molecule has 18 heavy (non-hydrogen) atoms. The predicted molar refractivity (Wildman–Crippen MR) is 58.7 cm³/mol. The van der Waals surface area contributed by atoms with Crippen LogP contribution in [0.2, 0.25) is 0 Å². The molecule has 1 amide bonds. The topological polar surface area (TPSA) is 64.9 Å². The number of benzene rings is 1. The van der Waals surface area contributed by atoms with E-state index in [0.29, 0.717) is 6.07 Å². The summed E-state index contributed by atoms with van der Waals surface area (Å²) in [7, 11) is 1.55. The SMILES string of the molecule is CNCC(=O)Nc1ccc(C(F)(F)F)cc1C#N. The van der Waals surface area contributed by atoms with E-state index in [0.717, 1.165) is 12.1 Å². The minimum Gasteiger partial charge on any atom is -0.324 e. The Labute approximate surface area is 101 Å². The quantitative estimate of drug-likeness (QED) is 0.866. The van der Waals surface area contributed by atoms with Gasteiger partial charge in [-0.1, -0.05) is 0 Å². The maximum Gasteiger partial charge on any atom is 0.416 e. The first kappa shape index (κ1) is 14.0. The molecule has 0 heterocycles. The van der Waals surface area contributed by atoms with E-state index in [2.05, 4.69) is 10.6 Å². The van der Waals surface area contributed by atoms with Crippen molar-refractivity contribution in [3.05, 3.63) is 29.3 Å². The summed E-state index contributed by atoms with van der Waals surface area (Å²) in [4.78, 5) is 11.3. The maximum atomic E-state index is 12.4. The maximum absolute atomic E-state index is 12.4. The highest BCUT2D eigenvalue weighted by Crippen LogP contribution is 2.31. The Hall–Kier alpha value is -2.07. The smallest absolute Gasteiger partial charge is 0.324 e. The van der Waals surface area contributed by atoms with E-state index in [9.17, 15) is 18.0 Å². The molecule has 7 heteroatoms. The molecule has 0 saturated carbocycles. The van der Waals surface area contributed by atoms with E-state index >= 15 is 0 Å². The van der Waals surface area contributed by atoms with Crippen LogP contribution in [0.5, 0.6) is 0 Å².